The number of unbranched alkanes of at least 4 members (excludes halogenated alkanes) is 4. The summed E-state index contributed by atoms with van der Waals surface area (Å²) in [5.74, 6) is 0.420. The normalized spacial score (nSPS) is 12.4. The van der Waals surface area contributed by atoms with E-state index in [1.54, 1.807) is 0 Å². The van der Waals surface area contributed by atoms with E-state index in [2.05, 4.69) is 13.8 Å². The van der Waals surface area contributed by atoms with E-state index in [0.717, 1.165) is 44.9 Å². The fourth-order valence-corrected chi connectivity index (χ4v) is 3.03. The summed E-state index contributed by atoms with van der Waals surface area (Å²) in [6.07, 6.45) is 10.9. The van der Waals surface area contributed by atoms with Crippen LogP contribution in [-0.2, 0) is 23.9 Å². The molecule has 0 radical (unpaired) electrons. The van der Waals surface area contributed by atoms with Crippen LogP contribution in [0.4, 0.5) is 0 Å². The van der Waals surface area contributed by atoms with E-state index < -0.39 is 5.41 Å². The van der Waals surface area contributed by atoms with Gasteiger partial charge in [0, 0.05) is 19.3 Å². The Morgan fingerprint density at radius 3 is 2.03 bits per heavy atom. The number of Topliss-reactive ketones (excluding diaryl/α,β-unsaturated/α-hetero) is 1. The Bertz CT molecular complexity index is 484. The minimum absolute atomic E-state index is 0.0955. The highest BCUT2D eigenvalue weighted by Crippen LogP contribution is 2.21. The fraction of sp³-hybridized carbons (Fsp3) is 0.880. The first kappa shape index (κ1) is 28.6. The summed E-state index contributed by atoms with van der Waals surface area (Å²) < 4.78 is 10.7. The average molecular weight is 427 g/mol. The van der Waals surface area contributed by atoms with E-state index in [0.29, 0.717) is 44.8 Å². The lowest BCUT2D eigenvalue weighted by Gasteiger charge is -2.20. The van der Waals surface area contributed by atoms with Crippen LogP contribution < -0.4 is 0 Å². The van der Waals surface area contributed by atoms with Crippen molar-refractivity contribution in [1.82, 2.24) is 0 Å². The fourth-order valence-electron chi connectivity index (χ4n) is 3.03. The highest BCUT2D eigenvalue weighted by atomic mass is 16.5. The highest BCUT2D eigenvalue weighted by molar-refractivity contribution is 5.78. The van der Waals surface area contributed by atoms with Gasteiger partial charge in [0.25, 0.3) is 0 Å². The van der Waals surface area contributed by atoms with E-state index in [1.807, 2.05) is 20.8 Å². The summed E-state index contributed by atoms with van der Waals surface area (Å²) in [4.78, 5) is 35.6. The minimum Gasteiger partial charge on any atom is -0.465 e. The van der Waals surface area contributed by atoms with Crippen LogP contribution >= 0.6 is 0 Å². The summed E-state index contributed by atoms with van der Waals surface area (Å²) in [5, 5.41) is 0. The number of ether oxygens (including phenoxy) is 2. The first-order chi connectivity index (χ1) is 14.3. The second-order valence-corrected chi connectivity index (χ2v) is 9.03. The molecule has 0 aliphatic heterocycles. The van der Waals surface area contributed by atoms with Crippen molar-refractivity contribution in [2.45, 2.75) is 118 Å². The van der Waals surface area contributed by atoms with Gasteiger partial charge in [0.1, 0.15) is 5.78 Å². The van der Waals surface area contributed by atoms with E-state index in [9.17, 15) is 14.4 Å². The minimum atomic E-state index is -0.455. The van der Waals surface area contributed by atoms with Gasteiger partial charge >= 0.3 is 11.9 Å². The third-order valence-electron chi connectivity index (χ3n) is 5.88. The molecule has 0 aliphatic carbocycles. The number of carbonyl (C=O) groups is 3. The smallest absolute Gasteiger partial charge is 0.311 e. The topological polar surface area (TPSA) is 69.7 Å². The Morgan fingerprint density at radius 2 is 1.43 bits per heavy atom. The number of hydrogen-bond donors (Lipinski definition) is 0. The Hall–Kier alpha value is -1.39. The molecule has 30 heavy (non-hydrogen) atoms. The summed E-state index contributed by atoms with van der Waals surface area (Å²) in [6, 6.07) is 0. The van der Waals surface area contributed by atoms with Crippen molar-refractivity contribution in [2.24, 2.45) is 11.3 Å². The predicted octanol–water partition coefficient (Wildman–Crippen LogP) is 6.42. The Morgan fingerprint density at radius 1 is 0.800 bits per heavy atom. The third kappa shape index (κ3) is 14.6. The molecule has 176 valence electrons. The van der Waals surface area contributed by atoms with Crippen LogP contribution in [0.25, 0.3) is 0 Å². The predicted molar refractivity (Wildman–Crippen MR) is 121 cm³/mol. The lowest BCUT2D eigenvalue weighted by atomic mass is 9.91. The molecule has 1 atom stereocenters. The van der Waals surface area contributed by atoms with Gasteiger partial charge in [-0.15, -0.1) is 0 Å². The van der Waals surface area contributed by atoms with Gasteiger partial charge in [0.2, 0.25) is 0 Å². The van der Waals surface area contributed by atoms with Gasteiger partial charge in [-0.25, -0.2) is 0 Å². The molecule has 0 saturated carbocycles. The second-order valence-electron chi connectivity index (χ2n) is 9.03. The maximum atomic E-state index is 11.9. The zero-order chi connectivity index (χ0) is 22.8. The lowest BCUT2D eigenvalue weighted by Crippen LogP contribution is -2.26. The molecule has 0 amide bonds. The Balaban J connectivity index is 3.64. The Labute approximate surface area is 184 Å². The van der Waals surface area contributed by atoms with Crippen molar-refractivity contribution in [3.8, 4) is 0 Å². The van der Waals surface area contributed by atoms with E-state index in [1.165, 1.54) is 12.8 Å². The molecule has 0 rings (SSSR count). The standard InChI is InChI=1S/C25H46O5/c1-6-9-15-21(7-2)20-30-23(27)18-13-11-10-12-16-22(26)17-14-19-29-24(28)25(4,5)8-3/h21H,6-20H2,1-5H3. The molecule has 0 bridgehead atoms. The number of ketones is 1. The molecule has 0 aromatic carbocycles. The van der Waals surface area contributed by atoms with Gasteiger partial charge in [-0.2, -0.15) is 0 Å². The maximum Gasteiger partial charge on any atom is 0.311 e. The van der Waals surface area contributed by atoms with Crippen molar-refractivity contribution in [1.29, 1.82) is 0 Å². The molecular formula is C25H46O5. The van der Waals surface area contributed by atoms with Crippen molar-refractivity contribution in [2.75, 3.05) is 13.2 Å². The zero-order valence-electron chi connectivity index (χ0n) is 20.2. The Kier molecular flexibility index (Phi) is 16.5. The second kappa shape index (κ2) is 17.3. The molecule has 0 saturated heterocycles. The third-order valence-corrected chi connectivity index (χ3v) is 5.88. The van der Waals surface area contributed by atoms with Crippen molar-refractivity contribution >= 4 is 17.7 Å². The molecule has 0 heterocycles. The molecule has 5 heteroatoms. The summed E-state index contributed by atoms with van der Waals surface area (Å²) in [6.45, 7) is 10.9. The lowest BCUT2D eigenvalue weighted by molar-refractivity contribution is -0.154. The molecule has 0 fully saturated rings. The average Bonchev–Trinajstić information content (AvgIpc) is 2.73. The van der Waals surface area contributed by atoms with Gasteiger partial charge < -0.3 is 9.47 Å². The number of carbonyl (C=O) groups excluding carboxylic acids is 3. The number of esters is 2. The molecule has 0 spiro atoms. The monoisotopic (exact) mass is 426 g/mol. The molecule has 1 unspecified atom stereocenters. The van der Waals surface area contributed by atoms with Crippen molar-refractivity contribution in [3.63, 3.8) is 0 Å². The van der Waals surface area contributed by atoms with E-state index >= 15 is 0 Å². The largest absolute Gasteiger partial charge is 0.465 e. The SMILES string of the molecule is CCCCC(CC)COC(=O)CCCCCCC(=O)CCCOC(=O)C(C)(C)CC. The number of hydrogen-bond acceptors (Lipinski definition) is 5. The van der Waals surface area contributed by atoms with Crippen LogP contribution in [0.5, 0.6) is 0 Å². The molecule has 5 nitrogen and oxygen atoms in total. The van der Waals surface area contributed by atoms with Gasteiger partial charge in [0.05, 0.1) is 18.6 Å². The first-order valence-corrected chi connectivity index (χ1v) is 12.1. The maximum absolute atomic E-state index is 11.9. The van der Waals surface area contributed by atoms with Crippen molar-refractivity contribution in [3.05, 3.63) is 0 Å². The zero-order valence-corrected chi connectivity index (χ0v) is 20.2. The first-order valence-electron chi connectivity index (χ1n) is 12.1. The van der Waals surface area contributed by atoms with Crippen LogP contribution in [0.2, 0.25) is 0 Å². The molecule has 0 N–H and O–H groups in total. The summed E-state index contributed by atoms with van der Waals surface area (Å²) in [7, 11) is 0. The van der Waals surface area contributed by atoms with Crippen LogP contribution in [0.3, 0.4) is 0 Å². The quantitative estimate of drug-likeness (QED) is 0.176. The number of rotatable bonds is 19. The summed E-state index contributed by atoms with van der Waals surface area (Å²) in [5.41, 5.74) is -0.455. The molecule has 0 aromatic rings. The molecule has 0 aromatic heterocycles. The van der Waals surface area contributed by atoms with Crippen LogP contribution in [-0.4, -0.2) is 30.9 Å². The van der Waals surface area contributed by atoms with Gasteiger partial charge in [-0.1, -0.05) is 52.9 Å². The van der Waals surface area contributed by atoms with Crippen LogP contribution in [0, 0.1) is 11.3 Å². The van der Waals surface area contributed by atoms with E-state index in [4.69, 9.17) is 9.47 Å². The highest BCUT2D eigenvalue weighted by Gasteiger charge is 2.26. The van der Waals surface area contributed by atoms with Crippen LogP contribution in [0.1, 0.15) is 118 Å². The molecule has 0 aliphatic rings. The van der Waals surface area contributed by atoms with Gasteiger partial charge in [-0.05, 0) is 51.9 Å². The molecular weight excluding hydrogens is 380 g/mol. The van der Waals surface area contributed by atoms with Gasteiger partial charge in [-0.3, -0.25) is 14.4 Å². The van der Waals surface area contributed by atoms with Crippen molar-refractivity contribution < 1.29 is 23.9 Å². The van der Waals surface area contributed by atoms with Crippen LogP contribution in [0.15, 0.2) is 0 Å². The van der Waals surface area contributed by atoms with Gasteiger partial charge in [0.15, 0.2) is 0 Å². The van der Waals surface area contributed by atoms with E-state index in [-0.39, 0.29) is 17.7 Å². The summed E-state index contributed by atoms with van der Waals surface area (Å²) >= 11 is 0.